The van der Waals surface area contributed by atoms with Gasteiger partial charge in [-0.15, -0.1) is 0 Å². The molecule has 1 aromatic carbocycles. The van der Waals surface area contributed by atoms with Crippen molar-refractivity contribution in [3.8, 4) is 11.5 Å². The summed E-state index contributed by atoms with van der Waals surface area (Å²) < 4.78 is 10.6. The summed E-state index contributed by atoms with van der Waals surface area (Å²) in [5, 5.41) is 1.02. The van der Waals surface area contributed by atoms with Gasteiger partial charge in [0.2, 0.25) is 0 Å². The number of ether oxygens (including phenoxy) is 2. The minimum absolute atomic E-state index is 0.695. The molecule has 0 saturated heterocycles. The Kier molecular flexibility index (Phi) is 3.13. The quantitative estimate of drug-likeness (QED) is 0.815. The zero-order chi connectivity index (χ0) is 12.4. The minimum Gasteiger partial charge on any atom is -0.493 e. The van der Waals surface area contributed by atoms with Crippen LogP contribution in [-0.2, 0) is 6.42 Å². The molecule has 2 rings (SSSR count). The summed E-state index contributed by atoms with van der Waals surface area (Å²) >= 11 is 0. The van der Waals surface area contributed by atoms with E-state index in [1.165, 1.54) is 0 Å². The second-order valence-corrected chi connectivity index (χ2v) is 3.80. The maximum Gasteiger partial charge on any atom is 0.162 e. The lowest BCUT2D eigenvalue weighted by Crippen LogP contribution is -1.98. The van der Waals surface area contributed by atoms with Crippen molar-refractivity contribution in [3.05, 3.63) is 23.7 Å². The van der Waals surface area contributed by atoms with Crippen LogP contribution in [0.5, 0.6) is 11.5 Å². The first-order chi connectivity index (χ1) is 8.19. The first-order valence-corrected chi connectivity index (χ1v) is 5.58. The molecule has 0 aliphatic rings. The molecule has 0 unspecified atom stereocenters. The van der Waals surface area contributed by atoms with Crippen LogP contribution in [0.4, 0.5) is 0 Å². The first kappa shape index (κ1) is 11.6. The van der Waals surface area contributed by atoms with Gasteiger partial charge in [-0.3, -0.25) is 0 Å². The molecule has 90 valence electrons. The first-order valence-electron chi connectivity index (χ1n) is 5.58. The fraction of sp³-hybridized carbons (Fsp3) is 0.385. The molecule has 4 heteroatoms. The summed E-state index contributed by atoms with van der Waals surface area (Å²) in [4.78, 5) is 8.86. The van der Waals surface area contributed by atoms with Crippen LogP contribution in [0.15, 0.2) is 12.1 Å². The third-order valence-electron chi connectivity index (χ3n) is 2.73. The summed E-state index contributed by atoms with van der Waals surface area (Å²) in [5.74, 6) is 2.18. The highest BCUT2D eigenvalue weighted by Crippen LogP contribution is 2.32. The minimum atomic E-state index is 0.695. The van der Waals surface area contributed by atoms with Crippen molar-refractivity contribution in [2.75, 3.05) is 14.2 Å². The zero-order valence-electron chi connectivity index (χ0n) is 10.6. The van der Waals surface area contributed by atoms with E-state index >= 15 is 0 Å². The fourth-order valence-corrected chi connectivity index (χ4v) is 1.92. The monoisotopic (exact) mass is 232 g/mol. The summed E-state index contributed by atoms with van der Waals surface area (Å²) in [5.41, 5.74) is 1.93. The highest BCUT2D eigenvalue weighted by Gasteiger charge is 2.10. The maximum atomic E-state index is 5.29. The van der Waals surface area contributed by atoms with E-state index in [2.05, 4.69) is 16.9 Å². The summed E-state index contributed by atoms with van der Waals surface area (Å²) in [6.07, 6.45) is 0.870. The Morgan fingerprint density at radius 2 is 1.71 bits per heavy atom. The lowest BCUT2D eigenvalue weighted by Gasteiger charge is -2.11. The van der Waals surface area contributed by atoms with Crippen LogP contribution < -0.4 is 9.47 Å². The number of rotatable bonds is 3. The van der Waals surface area contributed by atoms with Crippen molar-refractivity contribution in [2.45, 2.75) is 20.3 Å². The van der Waals surface area contributed by atoms with Crippen molar-refractivity contribution in [3.63, 3.8) is 0 Å². The van der Waals surface area contributed by atoms with Crippen LogP contribution in [0.1, 0.15) is 18.4 Å². The Morgan fingerprint density at radius 3 is 2.29 bits per heavy atom. The summed E-state index contributed by atoms with van der Waals surface area (Å²) in [7, 11) is 3.25. The molecule has 0 N–H and O–H groups in total. The Balaban J connectivity index is 2.77. The van der Waals surface area contributed by atoms with Gasteiger partial charge in [0, 0.05) is 11.5 Å². The van der Waals surface area contributed by atoms with Crippen LogP contribution in [0.25, 0.3) is 10.9 Å². The molecule has 2 aromatic rings. The number of hydrogen-bond donors (Lipinski definition) is 0. The third-order valence-corrected chi connectivity index (χ3v) is 2.73. The third kappa shape index (κ3) is 2.02. The fourth-order valence-electron chi connectivity index (χ4n) is 1.92. The van der Waals surface area contributed by atoms with E-state index in [-0.39, 0.29) is 0 Å². The molecule has 0 radical (unpaired) electrons. The van der Waals surface area contributed by atoms with Crippen LogP contribution in [0.2, 0.25) is 0 Å². The highest BCUT2D eigenvalue weighted by molar-refractivity contribution is 5.84. The van der Waals surface area contributed by atoms with Gasteiger partial charge < -0.3 is 9.47 Å². The van der Waals surface area contributed by atoms with Crippen LogP contribution in [0.3, 0.4) is 0 Å². The van der Waals surface area contributed by atoms with Gasteiger partial charge in [0.1, 0.15) is 5.82 Å². The molecule has 4 nitrogen and oxygen atoms in total. The van der Waals surface area contributed by atoms with Gasteiger partial charge in [-0.1, -0.05) is 6.92 Å². The number of methoxy groups -OCH3 is 2. The maximum absolute atomic E-state index is 5.29. The van der Waals surface area contributed by atoms with Gasteiger partial charge in [-0.25, -0.2) is 9.97 Å². The SMILES string of the molecule is CCc1nc(C)nc2cc(OC)c(OC)cc12. The van der Waals surface area contributed by atoms with Crippen LogP contribution >= 0.6 is 0 Å². The predicted octanol–water partition coefficient (Wildman–Crippen LogP) is 2.52. The molecule has 0 atom stereocenters. The largest absolute Gasteiger partial charge is 0.493 e. The molecule has 0 fully saturated rings. The van der Waals surface area contributed by atoms with Gasteiger partial charge in [0.15, 0.2) is 11.5 Å². The molecule has 0 amide bonds. The molecule has 0 saturated carbocycles. The van der Waals surface area contributed by atoms with E-state index in [0.29, 0.717) is 11.5 Å². The number of aryl methyl sites for hydroxylation is 2. The number of fused-ring (bicyclic) bond motifs is 1. The van der Waals surface area contributed by atoms with Crippen molar-refractivity contribution in [1.82, 2.24) is 9.97 Å². The van der Waals surface area contributed by atoms with Gasteiger partial charge in [0.25, 0.3) is 0 Å². The molecular weight excluding hydrogens is 216 g/mol. The topological polar surface area (TPSA) is 44.2 Å². The molecule has 0 spiro atoms. The number of hydrogen-bond acceptors (Lipinski definition) is 4. The Morgan fingerprint density at radius 1 is 1.06 bits per heavy atom. The van der Waals surface area contributed by atoms with Gasteiger partial charge in [-0.05, 0) is 19.4 Å². The smallest absolute Gasteiger partial charge is 0.162 e. The molecular formula is C13H16N2O2. The van der Waals surface area contributed by atoms with Crippen molar-refractivity contribution in [1.29, 1.82) is 0 Å². The lowest BCUT2D eigenvalue weighted by molar-refractivity contribution is 0.355. The Hall–Kier alpha value is -1.84. The highest BCUT2D eigenvalue weighted by atomic mass is 16.5. The number of benzene rings is 1. The van der Waals surface area contributed by atoms with Crippen molar-refractivity contribution >= 4 is 10.9 Å². The summed E-state index contributed by atoms with van der Waals surface area (Å²) in [6.45, 7) is 3.98. The van der Waals surface area contributed by atoms with Crippen LogP contribution in [-0.4, -0.2) is 24.2 Å². The number of nitrogens with zero attached hydrogens (tertiary/aromatic N) is 2. The van der Waals surface area contributed by atoms with Gasteiger partial charge >= 0.3 is 0 Å². The van der Waals surface area contributed by atoms with E-state index in [0.717, 1.165) is 28.8 Å². The van der Waals surface area contributed by atoms with Crippen molar-refractivity contribution < 1.29 is 9.47 Å². The average molecular weight is 232 g/mol. The van der Waals surface area contributed by atoms with Crippen LogP contribution in [0, 0.1) is 6.92 Å². The predicted molar refractivity (Wildman–Crippen MR) is 66.8 cm³/mol. The van der Waals surface area contributed by atoms with E-state index in [4.69, 9.17) is 9.47 Å². The molecule has 1 aromatic heterocycles. The average Bonchev–Trinajstić information content (AvgIpc) is 2.35. The molecule has 0 aliphatic carbocycles. The van der Waals surface area contributed by atoms with Gasteiger partial charge in [-0.2, -0.15) is 0 Å². The van der Waals surface area contributed by atoms with Crippen molar-refractivity contribution in [2.24, 2.45) is 0 Å². The standard InChI is InChI=1S/C13H16N2O2/c1-5-10-9-6-12(16-3)13(17-4)7-11(9)15-8(2)14-10/h6-7H,5H2,1-4H3. The van der Waals surface area contributed by atoms with Gasteiger partial charge in [0.05, 0.1) is 25.4 Å². The normalized spacial score (nSPS) is 10.6. The molecule has 1 heterocycles. The zero-order valence-corrected chi connectivity index (χ0v) is 10.6. The lowest BCUT2D eigenvalue weighted by atomic mass is 10.1. The second kappa shape index (κ2) is 4.57. The Bertz CT molecular complexity index is 553. The second-order valence-electron chi connectivity index (χ2n) is 3.80. The molecule has 17 heavy (non-hydrogen) atoms. The Labute approximate surface area is 101 Å². The molecule has 0 bridgehead atoms. The number of aromatic nitrogens is 2. The van der Waals surface area contributed by atoms with E-state index in [9.17, 15) is 0 Å². The molecule has 0 aliphatic heterocycles. The van der Waals surface area contributed by atoms with E-state index < -0.39 is 0 Å². The van der Waals surface area contributed by atoms with E-state index in [1.54, 1.807) is 14.2 Å². The summed E-state index contributed by atoms with van der Waals surface area (Å²) in [6, 6.07) is 3.83. The van der Waals surface area contributed by atoms with E-state index in [1.807, 2.05) is 19.1 Å².